The molecule has 7 nitrogen and oxygen atoms in total. The summed E-state index contributed by atoms with van der Waals surface area (Å²) in [7, 11) is -1.32. The molecule has 0 amide bonds. The number of benzene rings is 1. The minimum absolute atomic E-state index is 0.119. The van der Waals surface area contributed by atoms with Gasteiger partial charge < -0.3 is 15.0 Å². The number of nitrogens with zero attached hydrogens (tertiary/aromatic N) is 3. The van der Waals surface area contributed by atoms with Crippen LogP contribution in [0.5, 0.6) is 5.75 Å². The number of ether oxygens (including phenoxy) is 1. The fraction of sp³-hybridized carbons (Fsp3) is 0.611. The maximum Gasteiger partial charge on any atom is 0.387 e. The van der Waals surface area contributed by atoms with Gasteiger partial charge in [0, 0.05) is 39.8 Å². The molecule has 0 saturated carbocycles. The highest BCUT2D eigenvalue weighted by molar-refractivity contribution is 7.88. The third-order valence-electron chi connectivity index (χ3n) is 3.91. The smallest absolute Gasteiger partial charge is 0.387 e. The van der Waals surface area contributed by atoms with E-state index < -0.39 is 16.6 Å². The highest BCUT2D eigenvalue weighted by Gasteiger charge is 2.13. The summed E-state index contributed by atoms with van der Waals surface area (Å²) in [5.41, 5.74) is 0.920. The molecule has 1 aromatic carbocycles. The van der Waals surface area contributed by atoms with Crippen LogP contribution in [0, 0.1) is 0 Å². The molecule has 28 heavy (non-hydrogen) atoms. The van der Waals surface area contributed by atoms with Crippen LogP contribution in [0.25, 0.3) is 0 Å². The molecular formula is C18H30F2N4O3S. The molecular weight excluding hydrogens is 390 g/mol. The third kappa shape index (κ3) is 8.83. The van der Waals surface area contributed by atoms with Gasteiger partial charge >= 0.3 is 6.61 Å². The Hall–Kier alpha value is -1.94. The van der Waals surface area contributed by atoms with E-state index in [1.165, 1.54) is 22.7 Å². The Morgan fingerprint density at radius 3 is 2.39 bits per heavy atom. The molecule has 10 heteroatoms. The molecule has 0 saturated heterocycles. The van der Waals surface area contributed by atoms with Crippen LogP contribution in [-0.2, 0) is 16.6 Å². The van der Waals surface area contributed by atoms with Crippen molar-refractivity contribution < 1.29 is 21.9 Å². The lowest BCUT2D eigenvalue weighted by Gasteiger charge is -2.22. The summed E-state index contributed by atoms with van der Waals surface area (Å²) in [6, 6.07) is 6.46. The summed E-state index contributed by atoms with van der Waals surface area (Å²) >= 11 is 0. The zero-order valence-corrected chi connectivity index (χ0v) is 17.7. The summed E-state index contributed by atoms with van der Waals surface area (Å²) in [5, 5.41) is 3.19. The third-order valence-corrected chi connectivity index (χ3v) is 5.29. The molecule has 0 bridgehead atoms. The van der Waals surface area contributed by atoms with Gasteiger partial charge in [-0.3, -0.25) is 4.99 Å². The largest absolute Gasteiger partial charge is 0.435 e. The molecule has 1 aromatic rings. The van der Waals surface area contributed by atoms with Gasteiger partial charge in [-0.2, -0.15) is 8.78 Å². The zero-order chi connectivity index (χ0) is 21.2. The van der Waals surface area contributed by atoms with E-state index in [-0.39, 0.29) is 5.75 Å². The van der Waals surface area contributed by atoms with Crippen molar-refractivity contribution in [2.45, 2.75) is 33.4 Å². The van der Waals surface area contributed by atoms with Crippen LogP contribution in [-0.4, -0.2) is 69.7 Å². The van der Waals surface area contributed by atoms with E-state index in [1.54, 1.807) is 19.1 Å². The average molecular weight is 421 g/mol. The lowest BCUT2D eigenvalue weighted by atomic mass is 10.2. The number of nitrogens with one attached hydrogen (secondary N) is 1. The van der Waals surface area contributed by atoms with Crippen molar-refractivity contribution in [3.05, 3.63) is 29.8 Å². The fourth-order valence-corrected chi connectivity index (χ4v) is 3.51. The van der Waals surface area contributed by atoms with Crippen molar-refractivity contribution in [3.8, 4) is 5.75 Å². The lowest BCUT2D eigenvalue weighted by molar-refractivity contribution is -0.0498. The number of sulfonamides is 1. The number of hydrogen-bond donors (Lipinski definition) is 1. The molecule has 1 N–H and O–H groups in total. The predicted octanol–water partition coefficient (Wildman–Crippen LogP) is 2.36. The Labute approximate surface area is 166 Å². The summed E-state index contributed by atoms with van der Waals surface area (Å²) in [4.78, 5) is 6.46. The summed E-state index contributed by atoms with van der Waals surface area (Å²) in [6.07, 6.45) is 1.82. The highest BCUT2D eigenvalue weighted by Crippen LogP contribution is 2.15. The van der Waals surface area contributed by atoms with E-state index in [2.05, 4.69) is 15.0 Å². The lowest BCUT2D eigenvalue weighted by Crippen LogP contribution is -2.38. The van der Waals surface area contributed by atoms with Gasteiger partial charge in [-0.15, -0.1) is 0 Å². The van der Waals surface area contributed by atoms with Gasteiger partial charge in [-0.25, -0.2) is 12.7 Å². The maximum atomic E-state index is 12.2. The standard InChI is InChI=1S/C18H30F2N4O3S/c1-5-21-18(22-12-7-13-24(6-2)28(4,25)26)23(3)14-15-8-10-16(11-9-15)27-17(19)20/h8-11,17H,5-7,12-14H2,1-4H3,(H,21,22). The molecule has 0 aliphatic heterocycles. The summed E-state index contributed by atoms with van der Waals surface area (Å²) < 4.78 is 53.4. The number of rotatable bonds is 11. The SMILES string of the molecule is CCNC(=NCCCN(CC)S(C)(=O)=O)N(C)Cc1ccc(OC(F)F)cc1. The van der Waals surface area contributed by atoms with Crippen LogP contribution in [0.1, 0.15) is 25.8 Å². The van der Waals surface area contributed by atoms with Gasteiger partial charge in [0.15, 0.2) is 5.96 Å². The first kappa shape index (κ1) is 24.1. The van der Waals surface area contributed by atoms with Gasteiger partial charge in [-0.1, -0.05) is 19.1 Å². The Bertz CT molecular complexity index is 712. The van der Waals surface area contributed by atoms with Crippen LogP contribution >= 0.6 is 0 Å². The van der Waals surface area contributed by atoms with E-state index in [0.717, 1.165) is 5.56 Å². The number of hydrogen-bond acceptors (Lipinski definition) is 4. The van der Waals surface area contributed by atoms with Crippen molar-refractivity contribution in [2.75, 3.05) is 39.5 Å². The summed E-state index contributed by atoms with van der Waals surface area (Å²) in [6.45, 7) is 3.50. The maximum absolute atomic E-state index is 12.2. The topological polar surface area (TPSA) is 74.2 Å². The van der Waals surface area contributed by atoms with E-state index in [9.17, 15) is 17.2 Å². The van der Waals surface area contributed by atoms with Gasteiger partial charge in [0.05, 0.1) is 6.26 Å². The van der Waals surface area contributed by atoms with Crippen molar-refractivity contribution in [1.29, 1.82) is 0 Å². The Morgan fingerprint density at radius 2 is 1.89 bits per heavy atom. The van der Waals surface area contributed by atoms with E-state index >= 15 is 0 Å². The molecule has 0 spiro atoms. The molecule has 0 aromatic heterocycles. The van der Waals surface area contributed by atoms with Crippen LogP contribution < -0.4 is 10.1 Å². The number of guanidine groups is 1. The Balaban J connectivity index is 2.64. The second-order valence-electron chi connectivity index (χ2n) is 6.22. The van der Waals surface area contributed by atoms with Gasteiger partial charge in [0.1, 0.15) is 5.75 Å². The van der Waals surface area contributed by atoms with Gasteiger partial charge in [-0.05, 0) is 31.0 Å². The minimum Gasteiger partial charge on any atom is -0.435 e. The quantitative estimate of drug-likeness (QED) is 0.338. The first-order chi connectivity index (χ1) is 13.2. The Morgan fingerprint density at radius 1 is 1.25 bits per heavy atom. The Kier molecular flexibility index (Phi) is 10.2. The van der Waals surface area contributed by atoms with Crippen LogP contribution in [0.15, 0.2) is 29.3 Å². The highest BCUT2D eigenvalue weighted by atomic mass is 32.2. The normalized spacial score (nSPS) is 12.5. The molecule has 0 aliphatic rings. The molecule has 0 fully saturated rings. The first-order valence-electron chi connectivity index (χ1n) is 9.15. The average Bonchev–Trinajstić information content (AvgIpc) is 2.60. The molecule has 0 radical (unpaired) electrons. The molecule has 0 aliphatic carbocycles. The van der Waals surface area contributed by atoms with Gasteiger partial charge in [0.25, 0.3) is 0 Å². The van der Waals surface area contributed by atoms with Crippen molar-refractivity contribution in [2.24, 2.45) is 4.99 Å². The van der Waals surface area contributed by atoms with E-state index in [0.29, 0.717) is 45.1 Å². The fourth-order valence-electron chi connectivity index (χ4n) is 2.59. The molecule has 0 unspecified atom stereocenters. The molecule has 0 heterocycles. The zero-order valence-electron chi connectivity index (χ0n) is 16.9. The van der Waals surface area contributed by atoms with E-state index in [1.807, 2.05) is 18.9 Å². The second kappa shape index (κ2) is 11.8. The van der Waals surface area contributed by atoms with Crippen molar-refractivity contribution >= 4 is 16.0 Å². The first-order valence-corrected chi connectivity index (χ1v) is 11.0. The van der Waals surface area contributed by atoms with Crippen LogP contribution in [0.3, 0.4) is 0 Å². The number of alkyl halides is 2. The van der Waals surface area contributed by atoms with E-state index in [4.69, 9.17) is 0 Å². The number of aliphatic imine (C=N–C) groups is 1. The monoisotopic (exact) mass is 420 g/mol. The number of halogens is 2. The minimum atomic E-state index is -3.19. The van der Waals surface area contributed by atoms with Crippen molar-refractivity contribution in [1.82, 2.24) is 14.5 Å². The molecule has 1 rings (SSSR count). The van der Waals surface area contributed by atoms with Crippen LogP contribution in [0.2, 0.25) is 0 Å². The second-order valence-corrected chi connectivity index (χ2v) is 8.20. The summed E-state index contributed by atoms with van der Waals surface area (Å²) in [5.74, 6) is 0.811. The molecule has 160 valence electrons. The van der Waals surface area contributed by atoms with Crippen molar-refractivity contribution in [3.63, 3.8) is 0 Å². The van der Waals surface area contributed by atoms with Crippen LogP contribution in [0.4, 0.5) is 8.78 Å². The molecule has 0 atom stereocenters. The van der Waals surface area contributed by atoms with Gasteiger partial charge in [0.2, 0.25) is 10.0 Å². The predicted molar refractivity (Wildman–Crippen MR) is 107 cm³/mol.